The Balaban J connectivity index is 1.93. The van der Waals surface area contributed by atoms with E-state index in [0.717, 1.165) is 0 Å². The van der Waals surface area contributed by atoms with Gasteiger partial charge in [-0.25, -0.2) is 5.90 Å². The first-order valence-corrected chi connectivity index (χ1v) is 6.09. The van der Waals surface area contributed by atoms with Crippen LogP contribution in [0.15, 0.2) is 33.7 Å². The molecule has 0 unspecified atom stereocenters. The van der Waals surface area contributed by atoms with Crippen molar-refractivity contribution in [2.45, 2.75) is 24.2 Å². The van der Waals surface area contributed by atoms with Crippen molar-refractivity contribution in [1.82, 2.24) is 10.1 Å². The molecule has 6 heteroatoms. The molecule has 2 N–H and O–H groups in total. The van der Waals surface area contributed by atoms with Gasteiger partial charge in [-0.1, -0.05) is 22.9 Å². The second-order valence-electron chi connectivity index (χ2n) is 3.52. The molecule has 90 valence electrons. The Kier molecular flexibility index (Phi) is 4.13. The molecule has 0 aliphatic carbocycles. The molecule has 0 fully saturated rings. The van der Waals surface area contributed by atoms with Crippen LogP contribution in [-0.4, -0.2) is 10.1 Å². The van der Waals surface area contributed by atoms with Gasteiger partial charge in [0.2, 0.25) is 0 Å². The summed E-state index contributed by atoms with van der Waals surface area (Å²) >= 11 is 1.66. The molecule has 0 saturated carbocycles. The summed E-state index contributed by atoms with van der Waals surface area (Å²) in [6, 6.07) is 8.27. The Morgan fingerprint density at radius 1 is 1.47 bits per heavy atom. The fourth-order valence-electron chi connectivity index (χ4n) is 1.33. The molecule has 2 rings (SSSR count). The smallest absolute Gasteiger partial charge is 0.254 e. The summed E-state index contributed by atoms with van der Waals surface area (Å²) in [5.41, 5.74) is 1.24. The van der Waals surface area contributed by atoms with Crippen molar-refractivity contribution in [3.8, 4) is 0 Å². The topological polar surface area (TPSA) is 74.2 Å². The first-order chi connectivity index (χ1) is 8.28. The van der Waals surface area contributed by atoms with E-state index in [1.807, 2.05) is 6.07 Å². The molecule has 1 heterocycles. The number of benzene rings is 1. The Hall–Kier alpha value is -1.37. The molecule has 0 aliphatic heterocycles. The molecule has 0 aliphatic rings. The molecular weight excluding hydrogens is 238 g/mol. The lowest BCUT2D eigenvalue weighted by molar-refractivity contribution is 0.0995. The summed E-state index contributed by atoms with van der Waals surface area (Å²) in [7, 11) is 0. The Labute approximate surface area is 103 Å². The summed E-state index contributed by atoms with van der Waals surface area (Å²) in [6.07, 6.45) is 0. The molecule has 2 aromatic rings. The zero-order valence-electron chi connectivity index (χ0n) is 9.42. The Bertz CT molecular complexity index is 487. The predicted octanol–water partition coefficient (Wildman–Crippen LogP) is 2.06. The van der Waals surface area contributed by atoms with E-state index in [0.29, 0.717) is 17.5 Å². The molecule has 0 amide bonds. The summed E-state index contributed by atoms with van der Waals surface area (Å²) in [5, 5.41) is 3.83. The monoisotopic (exact) mass is 251 g/mol. The van der Waals surface area contributed by atoms with Crippen molar-refractivity contribution < 1.29 is 9.36 Å². The van der Waals surface area contributed by atoms with E-state index in [9.17, 15) is 0 Å². The Morgan fingerprint density at radius 2 is 2.35 bits per heavy atom. The van der Waals surface area contributed by atoms with Crippen molar-refractivity contribution in [2.24, 2.45) is 5.90 Å². The molecule has 5 nitrogen and oxygen atoms in total. The lowest BCUT2D eigenvalue weighted by Gasteiger charge is -1.99. The van der Waals surface area contributed by atoms with Crippen molar-refractivity contribution in [3.05, 3.63) is 41.5 Å². The van der Waals surface area contributed by atoms with Crippen molar-refractivity contribution >= 4 is 11.8 Å². The number of thioether (sulfide) groups is 1. The molecular formula is C11H13N3O2S. The molecule has 0 spiro atoms. The van der Waals surface area contributed by atoms with Crippen LogP contribution in [0.1, 0.15) is 17.3 Å². The normalized spacial score (nSPS) is 10.7. The van der Waals surface area contributed by atoms with Crippen LogP contribution in [0.2, 0.25) is 0 Å². The van der Waals surface area contributed by atoms with E-state index in [2.05, 4.69) is 40.1 Å². The highest BCUT2D eigenvalue weighted by molar-refractivity contribution is 7.98. The summed E-state index contributed by atoms with van der Waals surface area (Å²) in [6.45, 7) is 2.21. The highest BCUT2D eigenvalue weighted by Gasteiger charge is 2.06. The summed E-state index contributed by atoms with van der Waals surface area (Å²) in [4.78, 5) is 9.74. The highest BCUT2D eigenvalue weighted by Crippen LogP contribution is 2.22. The SMILES string of the molecule is Cc1cccc(SCc2noc(CON)n2)c1. The molecule has 0 radical (unpaired) electrons. The van der Waals surface area contributed by atoms with Crippen LogP contribution in [0, 0.1) is 6.92 Å². The molecule has 0 bridgehead atoms. The van der Waals surface area contributed by atoms with Gasteiger partial charge >= 0.3 is 0 Å². The van der Waals surface area contributed by atoms with Crippen LogP contribution in [-0.2, 0) is 17.2 Å². The van der Waals surface area contributed by atoms with E-state index in [4.69, 9.17) is 10.4 Å². The van der Waals surface area contributed by atoms with Gasteiger partial charge in [0.15, 0.2) is 5.82 Å². The third-order valence-electron chi connectivity index (χ3n) is 2.07. The lowest BCUT2D eigenvalue weighted by atomic mass is 10.2. The summed E-state index contributed by atoms with van der Waals surface area (Å²) < 4.78 is 4.94. The highest BCUT2D eigenvalue weighted by atomic mass is 32.2. The molecule has 0 atom stereocenters. The van der Waals surface area contributed by atoms with Gasteiger partial charge in [-0.15, -0.1) is 11.8 Å². The second-order valence-corrected chi connectivity index (χ2v) is 4.57. The van der Waals surface area contributed by atoms with Gasteiger partial charge in [-0.2, -0.15) is 4.98 Å². The first-order valence-electron chi connectivity index (χ1n) is 5.10. The minimum atomic E-state index is 0.141. The quantitative estimate of drug-likeness (QED) is 0.647. The zero-order valence-corrected chi connectivity index (χ0v) is 10.2. The zero-order chi connectivity index (χ0) is 12.1. The van der Waals surface area contributed by atoms with Crippen molar-refractivity contribution in [2.75, 3.05) is 0 Å². The van der Waals surface area contributed by atoms with E-state index < -0.39 is 0 Å². The second kappa shape index (κ2) is 5.81. The van der Waals surface area contributed by atoms with Crippen LogP contribution >= 0.6 is 11.8 Å². The fraction of sp³-hybridized carbons (Fsp3) is 0.273. The number of hydrogen-bond acceptors (Lipinski definition) is 6. The first kappa shape index (κ1) is 12.1. The fourth-order valence-corrected chi connectivity index (χ4v) is 2.19. The van der Waals surface area contributed by atoms with Gasteiger partial charge in [0.1, 0.15) is 6.61 Å². The van der Waals surface area contributed by atoms with Gasteiger partial charge in [-0.3, -0.25) is 4.84 Å². The predicted molar refractivity (Wildman–Crippen MR) is 64.0 cm³/mol. The summed E-state index contributed by atoms with van der Waals surface area (Å²) in [5.74, 6) is 6.62. The number of nitrogens with zero attached hydrogens (tertiary/aromatic N) is 2. The Morgan fingerprint density at radius 3 is 3.12 bits per heavy atom. The number of nitrogens with two attached hydrogens (primary N) is 1. The average Bonchev–Trinajstić information content (AvgIpc) is 2.75. The van der Waals surface area contributed by atoms with Crippen molar-refractivity contribution in [1.29, 1.82) is 0 Å². The lowest BCUT2D eigenvalue weighted by Crippen LogP contribution is -1.98. The van der Waals surface area contributed by atoms with Gasteiger partial charge in [-0.05, 0) is 19.1 Å². The van der Waals surface area contributed by atoms with Gasteiger partial charge in [0.25, 0.3) is 5.89 Å². The van der Waals surface area contributed by atoms with Crippen LogP contribution in [0.3, 0.4) is 0 Å². The standard InChI is InChI=1S/C11H13N3O2S/c1-8-3-2-4-9(5-8)17-7-10-13-11(6-15-12)16-14-10/h2-5H,6-7,12H2,1H3. The number of aromatic nitrogens is 2. The molecule has 0 saturated heterocycles. The largest absolute Gasteiger partial charge is 0.337 e. The van der Waals surface area contributed by atoms with E-state index >= 15 is 0 Å². The van der Waals surface area contributed by atoms with Crippen LogP contribution < -0.4 is 5.90 Å². The minimum absolute atomic E-state index is 0.141. The van der Waals surface area contributed by atoms with Gasteiger partial charge < -0.3 is 4.52 Å². The van der Waals surface area contributed by atoms with Crippen LogP contribution in [0.5, 0.6) is 0 Å². The molecule has 17 heavy (non-hydrogen) atoms. The number of aryl methyl sites for hydroxylation is 1. The third kappa shape index (κ3) is 3.55. The molecule has 1 aromatic carbocycles. The number of rotatable bonds is 5. The maximum Gasteiger partial charge on any atom is 0.254 e. The van der Waals surface area contributed by atoms with Gasteiger partial charge in [0.05, 0.1) is 5.75 Å². The maximum atomic E-state index is 4.94. The van der Waals surface area contributed by atoms with Crippen LogP contribution in [0.4, 0.5) is 0 Å². The van der Waals surface area contributed by atoms with E-state index in [-0.39, 0.29) is 6.61 Å². The third-order valence-corrected chi connectivity index (χ3v) is 3.06. The molecule has 1 aromatic heterocycles. The van der Waals surface area contributed by atoms with E-state index in [1.165, 1.54) is 10.5 Å². The van der Waals surface area contributed by atoms with Gasteiger partial charge in [0, 0.05) is 4.90 Å². The number of hydrogen-bond donors (Lipinski definition) is 1. The minimum Gasteiger partial charge on any atom is -0.337 e. The van der Waals surface area contributed by atoms with Crippen LogP contribution in [0.25, 0.3) is 0 Å². The average molecular weight is 251 g/mol. The van der Waals surface area contributed by atoms with Crippen molar-refractivity contribution in [3.63, 3.8) is 0 Å². The maximum absolute atomic E-state index is 4.94. The van der Waals surface area contributed by atoms with E-state index in [1.54, 1.807) is 11.8 Å².